The highest BCUT2D eigenvalue weighted by atomic mass is 16.5. The van der Waals surface area contributed by atoms with E-state index in [1.807, 2.05) is 54.1 Å². The lowest BCUT2D eigenvalue weighted by molar-refractivity contribution is 0.0823. The van der Waals surface area contributed by atoms with Gasteiger partial charge in [-0.3, -0.25) is 9.78 Å². The molecule has 0 fully saturated rings. The summed E-state index contributed by atoms with van der Waals surface area (Å²) in [5.74, 6) is 0.545. The fourth-order valence-electron chi connectivity index (χ4n) is 2.94. The lowest BCUT2D eigenvalue weighted by Gasteiger charge is -2.25. The molecule has 0 bridgehead atoms. The Hall–Kier alpha value is -2.54. The molecule has 128 valence electrons. The lowest BCUT2D eigenvalue weighted by atomic mass is 10.2. The molecule has 0 saturated carbocycles. The lowest BCUT2D eigenvalue weighted by Crippen LogP contribution is -2.40. The van der Waals surface area contributed by atoms with E-state index < -0.39 is 5.69 Å². The predicted molar refractivity (Wildman–Crippen MR) is 94.3 cm³/mol. The maximum atomic E-state index is 12.9. The van der Waals surface area contributed by atoms with Gasteiger partial charge in [0, 0.05) is 32.4 Å². The molecule has 0 unspecified atom stereocenters. The summed E-state index contributed by atoms with van der Waals surface area (Å²) < 4.78 is 6.37. The number of para-hydroxylation sites is 1. The van der Waals surface area contributed by atoms with Crippen LogP contribution in [0.15, 0.2) is 39.9 Å². The van der Waals surface area contributed by atoms with Crippen LogP contribution in [0.5, 0.6) is 0 Å². The van der Waals surface area contributed by atoms with Crippen molar-refractivity contribution in [3.63, 3.8) is 0 Å². The van der Waals surface area contributed by atoms with Crippen molar-refractivity contribution in [1.29, 1.82) is 0 Å². The Balaban J connectivity index is 2.17. The largest absolute Gasteiger partial charge is 0.367 e. The molecule has 1 aromatic heterocycles. The summed E-state index contributed by atoms with van der Waals surface area (Å²) in [4.78, 5) is 32.0. The summed E-state index contributed by atoms with van der Waals surface area (Å²) >= 11 is 0. The van der Waals surface area contributed by atoms with Crippen molar-refractivity contribution in [2.45, 2.75) is 20.1 Å². The quantitative estimate of drug-likeness (QED) is 0.920. The topological polar surface area (TPSA) is 70.6 Å². The van der Waals surface area contributed by atoms with Gasteiger partial charge in [0.15, 0.2) is 0 Å². The van der Waals surface area contributed by atoms with E-state index >= 15 is 0 Å². The van der Waals surface area contributed by atoms with Gasteiger partial charge in [0.25, 0.3) is 5.56 Å². The fourth-order valence-corrected chi connectivity index (χ4v) is 2.94. The number of aromatic nitrogens is 2. The van der Waals surface area contributed by atoms with Crippen LogP contribution >= 0.6 is 0 Å². The van der Waals surface area contributed by atoms with Gasteiger partial charge >= 0.3 is 5.69 Å². The highest BCUT2D eigenvalue weighted by Gasteiger charge is 2.25. The third kappa shape index (κ3) is 2.94. The van der Waals surface area contributed by atoms with Crippen LogP contribution in [0.2, 0.25) is 0 Å². The molecule has 0 aliphatic carbocycles. The monoisotopic (exact) mass is 330 g/mol. The molecular weight excluding hydrogens is 308 g/mol. The highest BCUT2D eigenvalue weighted by Crippen LogP contribution is 2.31. The number of H-pyrrole nitrogens is 1. The van der Waals surface area contributed by atoms with Gasteiger partial charge in [-0.2, -0.15) is 0 Å². The first-order valence-electron chi connectivity index (χ1n) is 8.12. The van der Waals surface area contributed by atoms with Crippen molar-refractivity contribution >= 4 is 17.2 Å². The molecule has 0 spiro atoms. The van der Waals surface area contributed by atoms with Crippen LogP contribution < -0.4 is 21.0 Å². The number of nitrogens with one attached hydrogen (secondary N) is 1. The summed E-state index contributed by atoms with van der Waals surface area (Å²) in [6.45, 7) is 3.69. The molecule has 0 atom stereocenters. The van der Waals surface area contributed by atoms with Crippen LogP contribution in [-0.2, 0) is 11.5 Å². The molecular formula is C17H22N4O3. The van der Waals surface area contributed by atoms with Gasteiger partial charge < -0.3 is 14.5 Å². The number of nitrogens with zero attached hydrogens (tertiary/aromatic N) is 3. The van der Waals surface area contributed by atoms with Gasteiger partial charge in [-0.15, -0.1) is 0 Å². The third-order valence-electron chi connectivity index (χ3n) is 4.16. The molecule has 3 rings (SSSR count). The van der Waals surface area contributed by atoms with E-state index in [1.54, 1.807) is 0 Å². The Morgan fingerprint density at radius 1 is 1.17 bits per heavy atom. The van der Waals surface area contributed by atoms with Crippen molar-refractivity contribution in [1.82, 2.24) is 9.55 Å². The molecule has 1 N–H and O–H groups in total. The smallest absolute Gasteiger partial charge is 0.331 e. The van der Waals surface area contributed by atoms with Crippen LogP contribution in [0.1, 0.15) is 13.3 Å². The van der Waals surface area contributed by atoms with Gasteiger partial charge in [0.05, 0.1) is 0 Å². The van der Waals surface area contributed by atoms with E-state index in [0.29, 0.717) is 18.1 Å². The summed E-state index contributed by atoms with van der Waals surface area (Å²) in [6, 6.07) is 9.77. The molecule has 7 nitrogen and oxygen atoms in total. The molecule has 0 radical (unpaired) electrons. The van der Waals surface area contributed by atoms with Crippen molar-refractivity contribution in [3.8, 4) is 0 Å². The SMILES string of the molecule is CCOCn1c(=O)[nH]c2c(c1=O)N(C)CCCN2c1ccccc1. The first kappa shape index (κ1) is 16.3. The first-order chi connectivity index (χ1) is 11.6. The fraction of sp³-hybridized carbons (Fsp3) is 0.412. The van der Waals surface area contributed by atoms with Gasteiger partial charge in [0.1, 0.15) is 18.2 Å². The first-order valence-corrected chi connectivity index (χ1v) is 8.12. The number of benzene rings is 1. The van der Waals surface area contributed by atoms with Crippen LogP contribution in [-0.4, -0.2) is 36.3 Å². The van der Waals surface area contributed by atoms with E-state index in [4.69, 9.17) is 4.74 Å². The second-order valence-corrected chi connectivity index (χ2v) is 5.74. The Labute approximate surface area is 140 Å². The maximum Gasteiger partial charge on any atom is 0.331 e. The van der Waals surface area contributed by atoms with E-state index in [0.717, 1.165) is 29.8 Å². The molecule has 1 aliphatic heterocycles. The highest BCUT2D eigenvalue weighted by molar-refractivity contribution is 5.73. The van der Waals surface area contributed by atoms with Crippen LogP contribution in [0.3, 0.4) is 0 Å². The Bertz CT molecular complexity index is 813. The van der Waals surface area contributed by atoms with E-state index in [-0.39, 0.29) is 12.3 Å². The number of fused-ring (bicyclic) bond motifs is 1. The third-order valence-corrected chi connectivity index (χ3v) is 4.16. The predicted octanol–water partition coefficient (Wildman–Crippen LogP) is 1.51. The summed E-state index contributed by atoms with van der Waals surface area (Å²) in [5.41, 5.74) is 0.665. The molecule has 24 heavy (non-hydrogen) atoms. The van der Waals surface area contributed by atoms with Crippen molar-refractivity contribution in [3.05, 3.63) is 51.2 Å². The number of rotatable bonds is 4. The van der Waals surface area contributed by atoms with Gasteiger partial charge in [-0.1, -0.05) is 18.2 Å². The molecule has 0 saturated heterocycles. The van der Waals surface area contributed by atoms with Crippen LogP contribution in [0.25, 0.3) is 0 Å². The molecule has 2 aromatic rings. The van der Waals surface area contributed by atoms with E-state index in [9.17, 15) is 9.59 Å². The number of hydrogen-bond acceptors (Lipinski definition) is 5. The molecule has 1 aliphatic rings. The second-order valence-electron chi connectivity index (χ2n) is 5.74. The maximum absolute atomic E-state index is 12.9. The Morgan fingerprint density at radius 2 is 1.92 bits per heavy atom. The normalized spacial score (nSPS) is 14.4. The molecule has 2 heterocycles. The number of anilines is 3. The average Bonchev–Trinajstić information content (AvgIpc) is 2.74. The van der Waals surface area contributed by atoms with Crippen molar-refractivity contribution in [2.24, 2.45) is 0 Å². The zero-order valence-corrected chi connectivity index (χ0v) is 14.0. The number of aromatic amines is 1. The Morgan fingerprint density at radius 3 is 2.62 bits per heavy atom. The zero-order valence-electron chi connectivity index (χ0n) is 14.0. The summed E-state index contributed by atoms with van der Waals surface area (Å²) in [7, 11) is 1.87. The number of hydrogen-bond donors (Lipinski definition) is 1. The molecule has 0 amide bonds. The summed E-state index contributed by atoms with van der Waals surface area (Å²) in [5, 5.41) is 0. The molecule has 1 aromatic carbocycles. The molecule has 7 heteroatoms. The average molecular weight is 330 g/mol. The van der Waals surface area contributed by atoms with Gasteiger partial charge in [-0.25, -0.2) is 9.36 Å². The van der Waals surface area contributed by atoms with Crippen molar-refractivity contribution in [2.75, 3.05) is 36.5 Å². The minimum absolute atomic E-state index is 0.0445. The van der Waals surface area contributed by atoms with Crippen LogP contribution in [0, 0.1) is 0 Å². The Kier molecular flexibility index (Phi) is 4.71. The van der Waals surface area contributed by atoms with E-state index in [1.165, 1.54) is 0 Å². The minimum atomic E-state index is -0.455. The van der Waals surface area contributed by atoms with Crippen molar-refractivity contribution < 1.29 is 4.74 Å². The second kappa shape index (κ2) is 6.92. The number of ether oxygens (including phenoxy) is 1. The van der Waals surface area contributed by atoms with Gasteiger partial charge in [-0.05, 0) is 25.5 Å². The van der Waals surface area contributed by atoms with Gasteiger partial charge in [0.2, 0.25) is 0 Å². The summed E-state index contributed by atoms with van der Waals surface area (Å²) in [6.07, 6.45) is 0.882. The van der Waals surface area contributed by atoms with Crippen LogP contribution in [0.4, 0.5) is 17.2 Å². The minimum Gasteiger partial charge on any atom is -0.367 e. The zero-order chi connectivity index (χ0) is 17.1. The standard InChI is InChI=1S/C17H22N4O3/c1-3-24-12-21-16(22)14-15(18-17(21)23)20(11-7-10-19(14)2)13-8-5-4-6-9-13/h4-6,8-9H,3,7,10-12H2,1-2H3,(H,18,23). The van der Waals surface area contributed by atoms with E-state index in [2.05, 4.69) is 4.98 Å².